The molecule has 0 aliphatic rings. The zero-order valence-corrected chi connectivity index (χ0v) is 8.59. The number of hydrogen-bond donors (Lipinski definition) is 0. The van der Waals surface area contributed by atoms with Gasteiger partial charge in [0.15, 0.2) is 11.6 Å². The second kappa shape index (κ2) is 4.87. The highest BCUT2D eigenvalue weighted by Crippen LogP contribution is 2.12. The van der Waals surface area contributed by atoms with E-state index in [-0.39, 0.29) is 18.1 Å². The fourth-order valence-electron chi connectivity index (χ4n) is 0.982. The van der Waals surface area contributed by atoms with Gasteiger partial charge in [-0.05, 0) is 18.1 Å². The molecule has 1 rings (SSSR count). The van der Waals surface area contributed by atoms with E-state index in [2.05, 4.69) is 0 Å². The molecule has 1 aromatic carbocycles. The first kappa shape index (κ1) is 11.6. The molecular weight excluding hydrogens is 202 g/mol. The van der Waals surface area contributed by atoms with Crippen molar-refractivity contribution in [1.29, 1.82) is 0 Å². The molecule has 0 spiro atoms. The number of carbonyl (C=O) groups excluding carboxylic acids is 1. The summed E-state index contributed by atoms with van der Waals surface area (Å²) in [6, 6.07) is 3.42. The van der Waals surface area contributed by atoms with Gasteiger partial charge in [0.25, 0.3) is 0 Å². The highest BCUT2D eigenvalue weighted by molar-refractivity contribution is 5.89. The van der Waals surface area contributed by atoms with Crippen LogP contribution in [0.2, 0.25) is 0 Å². The summed E-state index contributed by atoms with van der Waals surface area (Å²) < 4.78 is 30.6. The molecule has 4 heteroatoms. The molecule has 0 atom stereocenters. The Morgan fingerprint density at radius 3 is 2.67 bits per heavy atom. The maximum absolute atomic E-state index is 13.1. The van der Waals surface area contributed by atoms with Crippen molar-refractivity contribution in [3.8, 4) is 0 Å². The Hall–Kier alpha value is -1.45. The van der Waals surface area contributed by atoms with Crippen LogP contribution >= 0.6 is 0 Å². The Bertz CT molecular complexity index is 362. The van der Waals surface area contributed by atoms with Gasteiger partial charge in [-0.2, -0.15) is 0 Å². The molecule has 0 aliphatic carbocycles. The minimum Gasteiger partial charge on any atom is -0.462 e. The smallest absolute Gasteiger partial charge is 0.341 e. The largest absolute Gasteiger partial charge is 0.462 e. The monoisotopic (exact) mass is 214 g/mol. The summed E-state index contributed by atoms with van der Waals surface area (Å²) in [6.07, 6.45) is 0. The van der Waals surface area contributed by atoms with E-state index in [0.29, 0.717) is 0 Å². The SMILES string of the molecule is CC(C)COC(=O)c1cccc(F)c1F. The first-order chi connectivity index (χ1) is 7.02. The van der Waals surface area contributed by atoms with Gasteiger partial charge in [-0.25, -0.2) is 13.6 Å². The molecule has 0 aromatic heterocycles. The fraction of sp³-hybridized carbons (Fsp3) is 0.364. The van der Waals surface area contributed by atoms with Gasteiger partial charge in [0.05, 0.1) is 12.2 Å². The van der Waals surface area contributed by atoms with Crippen LogP contribution in [-0.2, 0) is 4.74 Å². The quantitative estimate of drug-likeness (QED) is 0.723. The zero-order valence-electron chi connectivity index (χ0n) is 8.59. The van der Waals surface area contributed by atoms with Gasteiger partial charge in [-0.3, -0.25) is 0 Å². The summed E-state index contributed by atoms with van der Waals surface area (Å²) in [5.74, 6) is -2.88. The van der Waals surface area contributed by atoms with Gasteiger partial charge in [0.2, 0.25) is 0 Å². The van der Waals surface area contributed by atoms with E-state index in [4.69, 9.17) is 4.74 Å². The molecule has 82 valence electrons. The first-order valence-corrected chi connectivity index (χ1v) is 4.63. The van der Waals surface area contributed by atoms with Crippen LogP contribution in [0.5, 0.6) is 0 Å². The lowest BCUT2D eigenvalue weighted by molar-refractivity contribution is 0.0452. The normalized spacial score (nSPS) is 10.5. The van der Waals surface area contributed by atoms with Crippen LogP contribution in [0.15, 0.2) is 18.2 Å². The predicted molar refractivity (Wildman–Crippen MR) is 51.5 cm³/mol. The highest BCUT2D eigenvalue weighted by atomic mass is 19.2. The predicted octanol–water partition coefficient (Wildman–Crippen LogP) is 2.78. The number of halogens is 2. The Morgan fingerprint density at radius 2 is 2.07 bits per heavy atom. The number of carbonyl (C=O) groups is 1. The van der Waals surface area contributed by atoms with Crippen LogP contribution < -0.4 is 0 Å². The lowest BCUT2D eigenvalue weighted by atomic mass is 10.2. The van der Waals surface area contributed by atoms with E-state index in [1.165, 1.54) is 12.1 Å². The average molecular weight is 214 g/mol. The second-order valence-corrected chi connectivity index (χ2v) is 3.59. The van der Waals surface area contributed by atoms with Crippen LogP contribution in [0.3, 0.4) is 0 Å². The van der Waals surface area contributed by atoms with Crippen molar-refractivity contribution in [3.63, 3.8) is 0 Å². The van der Waals surface area contributed by atoms with Gasteiger partial charge >= 0.3 is 5.97 Å². The third kappa shape index (κ3) is 3.01. The van der Waals surface area contributed by atoms with E-state index in [9.17, 15) is 13.6 Å². The molecule has 15 heavy (non-hydrogen) atoms. The van der Waals surface area contributed by atoms with Gasteiger partial charge in [0.1, 0.15) is 0 Å². The molecule has 0 saturated carbocycles. The van der Waals surface area contributed by atoms with Gasteiger partial charge < -0.3 is 4.74 Å². The maximum Gasteiger partial charge on any atom is 0.341 e. The average Bonchev–Trinajstić information content (AvgIpc) is 2.18. The Labute approximate surface area is 86.9 Å². The number of esters is 1. The summed E-state index contributed by atoms with van der Waals surface area (Å²) in [5.41, 5.74) is -0.365. The van der Waals surface area contributed by atoms with Crippen molar-refractivity contribution in [3.05, 3.63) is 35.4 Å². The standard InChI is InChI=1S/C11H12F2O2/c1-7(2)6-15-11(14)8-4-3-5-9(12)10(8)13/h3-5,7H,6H2,1-2H3. The molecule has 0 heterocycles. The van der Waals surface area contributed by atoms with Crippen LogP contribution in [0, 0.1) is 17.6 Å². The third-order valence-corrected chi connectivity index (χ3v) is 1.72. The number of hydrogen-bond acceptors (Lipinski definition) is 2. The van der Waals surface area contributed by atoms with Gasteiger partial charge in [-0.1, -0.05) is 19.9 Å². The van der Waals surface area contributed by atoms with Crippen LogP contribution in [0.4, 0.5) is 8.78 Å². The van der Waals surface area contributed by atoms with Crippen molar-refractivity contribution in [2.45, 2.75) is 13.8 Å². The molecule has 2 nitrogen and oxygen atoms in total. The number of benzene rings is 1. The summed E-state index contributed by atoms with van der Waals surface area (Å²) in [6.45, 7) is 3.90. The lowest BCUT2D eigenvalue weighted by Gasteiger charge is -2.07. The van der Waals surface area contributed by atoms with E-state index >= 15 is 0 Å². The van der Waals surface area contributed by atoms with Crippen LogP contribution in [0.1, 0.15) is 24.2 Å². The van der Waals surface area contributed by atoms with Crippen molar-refractivity contribution in [2.75, 3.05) is 6.61 Å². The molecule has 0 fully saturated rings. The molecular formula is C11H12F2O2. The van der Waals surface area contributed by atoms with E-state index in [1.807, 2.05) is 13.8 Å². The van der Waals surface area contributed by atoms with Gasteiger partial charge in [-0.15, -0.1) is 0 Å². The number of ether oxygens (including phenoxy) is 1. The number of rotatable bonds is 3. The van der Waals surface area contributed by atoms with Crippen LogP contribution in [0.25, 0.3) is 0 Å². The van der Waals surface area contributed by atoms with Crippen molar-refractivity contribution < 1.29 is 18.3 Å². The zero-order chi connectivity index (χ0) is 11.4. The van der Waals surface area contributed by atoms with E-state index in [0.717, 1.165) is 6.07 Å². The van der Waals surface area contributed by atoms with Crippen molar-refractivity contribution >= 4 is 5.97 Å². The molecule has 0 amide bonds. The van der Waals surface area contributed by atoms with Crippen LogP contribution in [-0.4, -0.2) is 12.6 Å². The molecule has 0 aliphatic heterocycles. The third-order valence-electron chi connectivity index (χ3n) is 1.72. The van der Waals surface area contributed by atoms with Crippen molar-refractivity contribution in [2.24, 2.45) is 5.92 Å². The Balaban J connectivity index is 2.78. The highest BCUT2D eigenvalue weighted by Gasteiger charge is 2.16. The molecule has 0 saturated heterocycles. The molecule has 1 aromatic rings. The summed E-state index contributed by atoms with van der Waals surface area (Å²) in [4.78, 5) is 11.3. The van der Waals surface area contributed by atoms with Crippen molar-refractivity contribution in [1.82, 2.24) is 0 Å². The molecule has 0 bridgehead atoms. The summed E-state index contributed by atoms with van der Waals surface area (Å²) in [7, 11) is 0. The lowest BCUT2D eigenvalue weighted by Crippen LogP contribution is -2.12. The summed E-state index contributed by atoms with van der Waals surface area (Å²) in [5, 5.41) is 0. The Morgan fingerprint density at radius 1 is 1.40 bits per heavy atom. The van der Waals surface area contributed by atoms with E-state index < -0.39 is 17.6 Å². The first-order valence-electron chi connectivity index (χ1n) is 4.63. The fourth-order valence-corrected chi connectivity index (χ4v) is 0.982. The second-order valence-electron chi connectivity index (χ2n) is 3.59. The minimum atomic E-state index is -1.16. The minimum absolute atomic E-state index is 0.158. The Kier molecular flexibility index (Phi) is 3.77. The summed E-state index contributed by atoms with van der Waals surface area (Å²) >= 11 is 0. The van der Waals surface area contributed by atoms with E-state index in [1.54, 1.807) is 0 Å². The molecule has 0 unspecified atom stereocenters. The topological polar surface area (TPSA) is 26.3 Å². The maximum atomic E-state index is 13.1. The van der Waals surface area contributed by atoms with Gasteiger partial charge in [0, 0.05) is 0 Å². The molecule has 0 radical (unpaired) electrons. The molecule has 0 N–H and O–H groups in total.